The summed E-state index contributed by atoms with van der Waals surface area (Å²) in [6, 6.07) is 3.54. The van der Waals surface area contributed by atoms with Crippen LogP contribution in [0.5, 0.6) is 17.2 Å². The van der Waals surface area contributed by atoms with Gasteiger partial charge in [-0.2, -0.15) is 0 Å². The first-order chi connectivity index (χ1) is 14.0. The van der Waals surface area contributed by atoms with Crippen molar-refractivity contribution in [3.05, 3.63) is 23.7 Å². The molecule has 0 unspecified atom stereocenters. The van der Waals surface area contributed by atoms with E-state index in [1.54, 1.807) is 33.5 Å². The molecule has 0 bridgehead atoms. The van der Waals surface area contributed by atoms with Crippen molar-refractivity contribution in [1.82, 2.24) is 9.97 Å². The molecule has 0 amide bonds. The van der Waals surface area contributed by atoms with Crippen LogP contribution in [-0.2, 0) is 11.2 Å². The van der Waals surface area contributed by atoms with Gasteiger partial charge in [0, 0.05) is 12.0 Å². The molecule has 158 valence electrons. The highest BCUT2D eigenvalue weighted by molar-refractivity contribution is 7.80. The van der Waals surface area contributed by atoms with Gasteiger partial charge >= 0.3 is 5.97 Å². The molecule has 0 aliphatic carbocycles. The second kappa shape index (κ2) is 10.9. The number of nitrogens with zero attached hydrogens (tertiary/aromatic N) is 2. The Balaban J connectivity index is 2.59. The zero-order valence-corrected chi connectivity index (χ0v) is 18.5. The lowest BCUT2D eigenvalue weighted by Crippen LogP contribution is -2.11. The fourth-order valence-corrected chi connectivity index (χ4v) is 3.30. The van der Waals surface area contributed by atoms with E-state index in [0.29, 0.717) is 45.6 Å². The van der Waals surface area contributed by atoms with Crippen molar-refractivity contribution in [3.63, 3.8) is 0 Å². The Hall–Kier alpha value is -2.48. The van der Waals surface area contributed by atoms with Crippen LogP contribution in [0.1, 0.15) is 48.9 Å². The van der Waals surface area contributed by atoms with Crippen LogP contribution in [0.25, 0.3) is 11.3 Å². The van der Waals surface area contributed by atoms with Crippen LogP contribution in [0.4, 0.5) is 0 Å². The number of unbranched alkanes of at least 4 members (excludes halogenated alkanes) is 3. The summed E-state index contributed by atoms with van der Waals surface area (Å²) in [5.41, 5.74) is 1.32. The minimum atomic E-state index is -0.555. The fraction of sp³-hybridized carbons (Fsp3) is 0.476. The Morgan fingerprint density at radius 2 is 1.62 bits per heavy atom. The van der Waals surface area contributed by atoms with Gasteiger partial charge in [-0.3, -0.25) is 0 Å². The third-order valence-corrected chi connectivity index (χ3v) is 4.92. The summed E-state index contributed by atoms with van der Waals surface area (Å²) in [6.45, 7) is 2.16. The Kier molecular flexibility index (Phi) is 8.57. The van der Waals surface area contributed by atoms with Gasteiger partial charge < -0.3 is 18.9 Å². The van der Waals surface area contributed by atoms with Crippen LogP contribution in [-0.4, -0.2) is 44.4 Å². The Labute approximate surface area is 177 Å². The average molecular weight is 421 g/mol. The van der Waals surface area contributed by atoms with Crippen LogP contribution in [0, 0.1) is 0 Å². The molecule has 0 aliphatic heterocycles. The van der Waals surface area contributed by atoms with Crippen LogP contribution in [0.3, 0.4) is 0 Å². The van der Waals surface area contributed by atoms with Crippen LogP contribution < -0.4 is 14.2 Å². The highest BCUT2D eigenvalue weighted by atomic mass is 32.1. The minimum absolute atomic E-state index is 0.139. The molecule has 0 saturated carbocycles. The predicted octanol–water partition coefficient (Wildman–Crippen LogP) is 4.37. The fourth-order valence-electron chi connectivity index (χ4n) is 2.98. The zero-order chi connectivity index (χ0) is 21.4. The van der Waals surface area contributed by atoms with Gasteiger partial charge in [-0.1, -0.05) is 26.2 Å². The van der Waals surface area contributed by atoms with E-state index in [1.807, 2.05) is 0 Å². The maximum atomic E-state index is 12.3. The molecule has 0 spiro atoms. The Bertz CT molecular complexity index is 832. The molecule has 0 atom stereocenters. The lowest BCUT2D eigenvalue weighted by Gasteiger charge is -2.16. The van der Waals surface area contributed by atoms with E-state index in [-0.39, 0.29) is 5.69 Å². The number of aryl methyl sites for hydroxylation is 1. The second-order valence-electron chi connectivity index (χ2n) is 6.40. The van der Waals surface area contributed by atoms with E-state index < -0.39 is 5.97 Å². The summed E-state index contributed by atoms with van der Waals surface area (Å²) in [5, 5.41) is 0. The van der Waals surface area contributed by atoms with E-state index in [1.165, 1.54) is 7.11 Å². The van der Waals surface area contributed by atoms with Gasteiger partial charge in [-0.25, -0.2) is 14.8 Å². The van der Waals surface area contributed by atoms with Crippen molar-refractivity contribution in [3.8, 4) is 28.5 Å². The first-order valence-electron chi connectivity index (χ1n) is 9.49. The number of esters is 1. The molecule has 8 heteroatoms. The van der Waals surface area contributed by atoms with Gasteiger partial charge in [-0.15, -0.1) is 12.6 Å². The standard InChI is InChI=1S/C21H28N2O5S/c1-6-7-8-9-10-16-22-17(20(29)18(23-16)21(24)28-5)13-11-14(25-2)19(27-4)15(12-13)26-3/h11-12,29H,6-10H2,1-5H3. The number of ether oxygens (including phenoxy) is 4. The van der Waals surface area contributed by atoms with E-state index in [2.05, 4.69) is 29.5 Å². The van der Waals surface area contributed by atoms with Crippen LogP contribution in [0.15, 0.2) is 17.0 Å². The number of carbonyl (C=O) groups is 1. The summed E-state index contributed by atoms with van der Waals surface area (Å²) >= 11 is 4.52. The third-order valence-electron chi connectivity index (χ3n) is 4.50. The monoisotopic (exact) mass is 420 g/mol. The first kappa shape index (κ1) is 22.8. The van der Waals surface area contributed by atoms with E-state index >= 15 is 0 Å². The quantitative estimate of drug-likeness (QED) is 0.347. The Morgan fingerprint density at radius 1 is 0.966 bits per heavy atom. The Morgan fingerprint density at radius 3 is 2.14 bits per heavy atom. The van der Waals surface area contributed by atoms with Gasteiger partial charge in [0.1, 0.15) is 5.82 Å². The average Bonchev–Trinajstić information content (AvgIpc) is 2.75. The normalized spacial score (nSPS) is 10.6. The predicted molar refractivity (Wildman–Crippen MR) is 114 cm³/mol. The smallest absolute Gasteiger partial charge is 0.357 e. The maximum absolute atomic E-state index is 12.3. The SMILES string of the molecule is CCCCCCc1nc(C(=O)OC)c(S)c(-c2cc(OC)c(OC)c(OC)c2)n1. The number of methoxy groups -OCH3 is 4. The molecule has 2 rings (SSSR count). The topological polar surface area (TPSA) is 79.8 Å². The zero-order valence-electron chi connectivity index (χ0n) is 17.6. The summed E-state index contributed by atoms with van der Waals surface area (Å²) in [5.74, 6) is 1.46. The van der Waals surface area contributed by atoms with Crippen molar-refractivity contribution >= 4 is 18.6 Å². The molecule has 1 aromatic carbocycles. The molecule has 29 heavy (non-hydrogen) atoms. The molecular weight excluding hydrogens is 392 g/mol. The molecule has 1 aromatic heterocycles. The number of thiol groups is 1. The van der Waals surface area contributed by atoms with Gasteiger partial charge in [0.15, 0.2) is 17.2 Å². The second-order valence-corrected chi connectivity index (χ2v) is 6.85. The lowest BCUT2D eigenvalue weighted by molar-refractivity contribution is 0.0589. The molecule has 0 fully saturated rings. The van der Waals surface area contributed by atoms with Crippen molar-refractivity contribution in [2.45, 2.75) is 43.9 Å². The molecule has 0 N–H and O–H groups in total. The molecule has 0 aliphatic rings. The van der Waals surface area contributed by atoms with Crippen molar-refractivity contribution in [1.29, 1.82) is 0 Å². The number of hydrogen-bond acceptors (Lipinski definition) is 8. The van der Waals surface area contributed by atoms with Crippen LogP contribution >= 0.6 is 12.6 Å². The minimum Gasteiger partial charge on any atom is -0.493 e. The summed E-state index contributed by atoms with van der Waals surface area (Å²) in [6.07, 6.45) is 4.97. The van der Waals surface area contributed by atoms with Gasteiger partial charge in [-0.05, 0) is 18.6 Å². The third kappa shape index (κ3) is 5.32. The van der Waals surface area contributed by atoms with Gasteiger partial charge in [0.2, 0.25) is 5.75 Å². The van der Waals surface area contributed by atoms with E-state index in [4.69, 9.17) is 18.9 Å². The highest BCUT2D eigenvalue weighted by Crippen LogP contribution is 2.42. The molecule has 0 saturated heterocycles. The van der Waals surface area contributed by atoms with Crippen molar-refractivity contribution < 1.29 is 23.7 Å². The summed E-state index contributed by atoms with van der Waals surface area (Å²) < 4.78 is 21.1. The summed E-state index contributed by atoms with van der Waals surface area (Å²) in [4.78, 5) is 21.7. The van der Waals surface area contributed by atoms with Crippen molar-refractivity contribution in [2.75, 3.05) is 28.4 Å². The van der Waals surface area contributed by atoms with E-state index in [0.717, 1.165) is 25.7 Å². The number of aromatic nitrogens is 2. The van der Waals surface area contributed by atoms with E-state index in [9.17, 15) is 4.79 Å². The molecular formula is C21H28N2O5S. The number of rotatable bonds is 10. The number of carbonyl (C=O) groups excluding carboxylic acids is 1. The number of hydrogen-bond donors (Lipinski definition) is 1. The molecule has 1 heterocycles. The van der Waals surface area contributed by atoms with Gasteiger partial charge in [0.25, 0.3) is 0 Å². The van der Waals surface area contributed by atoms with Crippen molar-refractivity contribution in [2.24, 2.45) is 0 Å². The lowest BCUT2D eigenvalue weighted by atomic mass is 10.1. The molecule has 2 aromatic rings. The summed E-state index contributed by atoms with van der Waals surface area (Å²) in [7, 11) is 5.94. The largest absolute Gasteiger partial charge is 0.493 e. The molecule has 7 nitrogen and oxygen atoms in total. The highest BCUT2D eigenvalue weighted by Gasteiger charge is 2.22. The first-order valence-corrected chi connectivity index (χ1v) is 9.93. The van der Waals surface area contributed by atoms with Crippen LogP contribution in [0.2, 0.25) is 0 Å². The van der Waals surface area contributed by atoms with Gasteiger partial charge in [0.05, 0.1) is 39.0 Å². The number of benzene rings is 1. The molecule has 0 radical (unpaired) electrons. The maximum Gasteiger partial charge on any atom is 0.357 e.